The van der Waals surface area contributed by atoms with Crippen molar-refractivity contribution < 1.29 is 27.9 Å². The monoisotopic (exact) mass is 496 g/mol. The molecule has 2 amide bonds. The Morgan fingerprint density at radius 2 is 1.94 bits per heavy atom. The van der Waals surface area contributed by atoms with E-state index >= 15 is 0 Å². The molecule has 0 unspecified atom stereocenters. The number of pyridine rings is 1. The molecule has 1 aromatic heterocycles. The summed E-state index contributed by atoms with van der Waals surface area (Å²) in [4.78, 5) is 35.8. The molecule has 7 nitrogen and oxygen atoms in total. The van der Waals surface area contributed by atoms with E-state index in [2.05, 4.69) is 23.7 Å². The fourth-order valence-electron chi connectivity index (χ4n) is 6.36. The number of alkyl halides is 3. The lowest BCUT2D eigenvalue weighted by Gasteiger charge is -2.40. The van der Waals surface area contributed by atoms with Crippen LogP contribution in [0.15, 0.2) is 12.3 Å². The van der Waals surface area contributed by atoms with Gasteiger partial charge in [-0.05, 0) is 65.0 Å². The van der Waals surface area contributed by atoms with Crippen molar-refractivity contribution in [3.05, 3.63) is 29.1 Å². The molecule has 1 N–H and O–H groups in total. The number of amides is 2. The number of likely N-dealkylation sites (tertiary alicyclic amines) is 1. The number of carboxylic acid groups (broad SMARTS) is 1. The van der Waals surface area contributed by atoms with Crippen molar-refractivity contribution in [1.82, 2.24) is 19.7 Å². The maximum Gasteiger partial charge on any atom is 0.417 e. The van der Waals surface area contributed by atoms with Crippen molar-refractivity contribution >= 4 is 12.0 Å². The average Bonchev–Trinajstić information content (AvgIpc) is 3.25. The molecule has 1 aromatic rings. The summed E-state index contributed by atoms with van der Waals surface area (Å²) in [6.07, 6.45) is -3.20. The van der Waals surface area contributed by atoms with Crippen molar-refractivity contribution in [3.63, 3.8) is 0 Å². The Hall–Kier alpha value is -2.36. The number of halogens is 3. The van der Waals surface area contributed by atoms with Crippen LogP contribution in [-0.2, 0) is 23.9 Å². The van der Waals surface area contributed by atoms with Gasteiger partial charge in [0.15, 0.2) is 0 Å². The van der Waals surface area contributed by atoms with Gasteiger partial charge in [-0.1, -0.05) is 0 Å². The van der Waals surface area contributed by atoms with Gasteiger partial charge in [0.05, 0.1) is 11.0 Å². The zero-order chi connectivity index (χ0) is 25.9. The van der Waals surface area contributed by atoms with Crippen LogP contribution in [0.3, 0.4) is 0 Å². The molecular formula is C25H35F3N4O3. The largest absolute Gasteiger partial charge is 0.465 e. The Morgan fingerprint density at radius 3 is 2.51 bits per heavy atom. The standard InChI is InChI=1S/C25H35F3N4O3/c1-15(2)31-13-18-9-19(32(22(34)35)23(3,4)5)10-24(18,14-31)21(33)30-7-6-20-16(12-30)8-17(11-29-20)25(26,27)28/h8,11,15,18-19H,6-7,9-10,12-14H2,1-5H3,(H,34,35)/t18-,19+,24-/m0/s1. The van der Waals surface area contributed by atoms with E-state index in [-0.39, 0.29) is 30.5 Å². The molecule has 3 atom stereocenters. The number of fused-ring (bicyclic) bond motifs is 2. The summed E-state index contributed by atoms with van der Waals surface area (Å²) in [6.45, 7) is 11.5. The molecule has 2 fully saturated rings. The first kappa shape index (κ1) is 25.7. The molecule has 0 radical (unpaired) electrons. The van der Waals surface area contributed by atoms with Crippen LogP contribution < -0.4 is 0 Å². The molecule has 2 aliphatic heterocycles. The number of hydrogen-bond acceptors (Lipinski definition) is 4. The lowest BCUT2D eigenvalue weighted by Crippen LogP contribution is -2.53. The number of nitrogens with zero attached hydrogens (tertiary/aromatic N) is 4. The van der Waals surface area contributed by atoms with Gasteiger partial charge in [-0.15, -0.1) is 0 Å². The third-order valence-electron chi connectivity index (χ3n) is 7.98. The van der Waals surface area contributed by atoms with E-state index in [9.17, 15) is 27.9 Å². The van der Waals surface area contributed by atoms with Crippen LogP contribution in [0.25, 0.3) is 0 Å². The van der Waals surface area contributed by atoms with Gasteiger partial charge in [-0.25, -0.2) is 4.79 Å². The van der Waals surface area contributed by atoms with E-state index in [4.69, 9.17) is 0 Å². The Bertz CT molecular complexity index is 1010. The zero-order valence-corrected chi connectivity index (χ0v) is 21.0. The van der Waals surface area contributed by atoms with Gasteiger partial charge in [0, 0.05) is 62.1 Å². The van der Waals surface area contributed by atoms with Crippen LogP contribution in [0.4, 0.5) is 18.0 Å². The van der Waals surface area contributed by atoms with E-state index in [0.29, 0.717) is 50.2 Å². The molecule has 0 aromatic carbocycles. The van der Waals surface area contributed by atoms with Gasteiger partial charge in [0.25, 0.3) is 0 Å². The van der Waals surface area contributed by atoms with E-state index in [1.54, 1.807) is 4.90 Å². The van der Waals surface area contributed by atoms with E-state index in [1.807, 2.05) is 20.8 Å². The van der Waals surface area contributed by atoms with E-state index < -0.39 is 28.8 Å². The molecule has 0 spiro atoms. The Kier molecular flexibility index (Phi) is 6.35. The summed E-state index contributed by atoms with van der Waals surface area (Å²) >= 11 is 0. The number of rotatable bonds is 3. The molecular weight excluding hydrogens is 461 g/mol. The van der Waals surface area contributed by atoms with Gasteiger partial charge in [-0.3, -0.25) is 14.7 Å². The molecule has 0 bridgehead atoms. The minimum absolute atomic E-state index is 0.00682. The van der Waals surface area contributed by atoms with Crippen molar-refractivity contribution in [1.29, 1.82) is 0 Å². The van der Waals surface area contributed by atoms with E-state index in [0.717, 1.165) is 12.3 Å². The predicted molar refractivity (Wildman–Crippen MR) is 124 cm³/mol. The van der Waals surface area contributed by atoms with E-state index in [1.165, 1.54) is 4.90 Å². The summed E-state index contributed by atoms with van der Waals surface area (Å²) in [5.74, 6) is -0.0805. The van der Waals surface area contributed by atoms with Crippen molar-refractivity contribution in [2.24, 2.45) is 11.3 Å². The third kappa shape index (κ3) is 4.61. The quantitative estimate of drug-likeness (QED) is 0.677. The minimum atomic E-state index is -4.49. The Morgan fingerprint density at radius 1 is 1.26 bits per heavy atom. The van der Waals surface area contributed by atoms with Crippen molar-refractivity contribution in [2.45, 2.75) is 84.2 Å². The van der Waals surface area contributed by atoms with Crippen LogP contribution in [0.2, 0.25) is 0 Å². The molecule has 1 aliphatic carbocycles. The summed E-state index contributed by atoms with van der Waals surface area (Å²) in [6, 6.07) is 1.06. The lowest BCUT2D eigenvalue weighted by atomic mass is 9.78. The van der Waals surface area contributed by atoms with Crippen LogP contribution in [0.5, 0.6) is 0 Å². The molecule has 1 saturated carbocycles. The molecule has 35 heavy (non-hydrogen) atoms. The van der Waals surface area contributed by atoms with Crippen LogP contribution in [-0.4, -0.2) is 74.0 Å². The fraction of sp³-hybridized carbons (Fsp3) is 0.720. The molecule has 3 aliphatic rings. The highest BCUT2D eigenvalue weighted by Crippen LogP contribution is 2.53. The highest BCUT2D eigenvalue weighted by Gasteiger charge is 2.60. The molecule has 1 saturated heterocycles. The van der Waals surface area contributed by atoms with Gasteiger partial charge >= 0.3 is 12.3 Å². The summed E-state index contributed by atoms with van der Waals surface area (Å²) in [5.41, 5.74) is -1.14. The first-order valence-electron chi connectivity index (χ1n) is 12.2. The molecule has 4 rings (SSSR count). The predicted octanol–water partition coefficient (Wildman–Crippen LogP) is 4.25. The second kappa shape index (κ2) is 8.64. The number of carbonyl (C=O) groups excluding carboxylic acids is 1. The first-order chi connectivity index (χ1) is 16.1. The second-order valence-corrected chi connectivity index (χ2v) is 11.6. The molecule has 3 heterocycles. The maximum atomic E-state index is 14.1. The van der Waals surface area contributed by atoms with Crippen molar-refractivity contribution in [3.8, 4) is 0 Å². The zero-order valence-electron chi connectivity index (χ0n) is 21.0. The SMILES string of the molecule is CC(C)N1C[C@@H]2C[C@@H](N(C(=O)O)C(C)(C)C)C[C@]2(C(=O)N2CCc3ncc(C(F)(F)F)cc3C2)C1. The normalized spacial score (nSPS) is 27.2. The maximum absolute atomic E-state index is 14.1. The molecule has 10 heteroatoms. The average molecular weight is 497 g/mol. The molecule has 194 valence electrons. The Balaban J connectivity index is 1.64. The number of carbonyl (C=O) groups is 2. The smallest absolute Gasteiger partial charge is 0.417 e. The van der Waals surface area contributed by atoms with Gasteiger partial charge < -0.3 is 14.9 Å². The number of aromatic nitrogens is 1. The van der Waals surface area contributed by atoms with Gasteiger partial charge in [0.2, 0.25) is 5.91 Å². The highest BCUT2D eigenvalue weighted by atomic mass is 19.4. The van der Waals surface area contributed by atoms with Gasteiger partial charge in [-0.2, -0.15) is 13.2 Å². The summed E-state index contributed by atoms with van der Waals surface area (Å²) in [5, 5.41) is 9.97. The van der Waals surface area contributed by atoms with Crippen molar-refractivity contribution in [2.75, 3.05) is 19.6 Å². The van der Waals surface area contributed by atoms with Crippen LogP contribution in [0.1, 0.15) is 64.3 Å². The summed E-state index contributed by atoms with van der Waals surface area (Å²) < 4.78 is 39.8. The Labute approximate surface area is 204 Å². The third-order valence-corrected chi connectivity index (χ3v) is 7.98. The fourth-order valence-corrected chi connectivity index (χ4v) is 6.36. The lowest BCUT2D eigenvalue weighted by molar-refractivity contribution is -0.144. The second-order valence-electron chi connectivity index (χ2n) is 11.6. The first-order valence-corrected chi connectivity index (χ1v) is 12.2. The van der Waals surface area contributed by atoms with Crippen LogP contribution in [0, 0.1) is 11.3 Å². The highest BCUT2D eigenvalue weighted by molar-refractivity contribution is 5.85. The topological polar surface area (TPSA) is 77.0 Å². The minimum Gasteiger partial charge on any atom is -0.465 e. The van der Waals surface area contributed by atoms with Gasteiger partial charge in [0.1, 0.15) is 0 Å². The summed E-state index contributed by atoms with van der Waals surface area (Å²) in [7, 11) is 0. The number of hydrogen-bond donors (Lipinski definition) is 1. The van der Waals surface area contributed by atoms with Crippen LogP contribution >= 0.6 is 0 Å².